The number of urea groups is 1. The monoisotopic (exact) mass is 271 g/mol. The summed E-state index contributed by atoms with van der Waals surface area (Å²) in [6.07, 6.45) is 0. The minimum Gasteiger partial charge on any atom is -0.346 e. The molecule has 0 atom stereocenters. The fourth-order valence-electron chi connectivity index (χ4n) is 1.59. The summed E-state index contributed by atoms with van der Waals surface area (Å²) in [4.78, 5) is 37.4. The minimum absolute atomic E-state index is 0.232. The Labute approximate surface area is 112 Å². The Bertz CT molecular complexity index is 339. The summed E-state index contributed by atoms with van der Waals surface area (Å²) >= 11 is 0. The summed E-state index contributed by atoms with van der Waals surface area (Å²) < 4.78 is 0. The molecule has 4 amide bonds. The maximum absolute atomic E-state index is 11.7. The summed E-state index contributed by atoms with van der Waals surface area (Å²) in [5, 5.41) is 8.19. The maximum Gasteiger partial charge on any atom is 0.316 e. The second kappa shape index (κ2) is 7.57. The van der Waals surface area contributed by atoms with Gasteiger partial charge in [-0.1, -0.05) is 0 Å². The van der Waals surface area contributed by atoms with E-state index in [9.17, 15) is 14.4 Å². The summed E-state index contributed by atoms with van der Waals surface area (Å²) in [5.41, 5.74) is 0. The smallest absolute Gasteiger partial charge is 0.316 e. The average molecular weight is 271 g/mol. The van der Waals surface area contributed by atoms with Crippen LogP contribution in [0.5, 0.6) is 0 Å². The van der Waals surface area contributed by atoms with Gasteiger partial charge in [-0.25, -0.2) is 4.79 Å². The first-order chi connectivity index (χ1) is 9.02. The fourth-order valence-corrected chi connectivity index (χ4v) is 1.59. The molecular formula is C11H21N5O3. The summed E-state index contributed by atoms with van der Waals surface area (Å²) in [7, 11) is 3.25. The zero-order chi connectivity index (χ0) is 14.3. The summed E-state index contributed by atoms with van der Waals surface area (Å²) in [6, 6.07) is -0.234. The van der Waals surface area contributed by atoms with Crippen LogP contribution in [0.2, 0.25) is 0 Å². The quantitative estimate of drug-likeness (QED) is 0.401. The fraction of sp³-hybridized carbons (Fsp3) is 0.727. The van der Waals surface area contributed by atoms with E-state index in [1.165, 1.54) is 9.80 Å². The largest absolute Gasteiger partial charge is 0.346 e. The normalized spacial score (nSPS) is 14.7. The minimum atomic E-state index is -0.624. The van der Waals surface area contributed by atoms with Gasteiger partial charge in [0.15, 0.2) is 0 Å². The maximum atomic E-state index is 11.7. The van der Waals surface area contributed by atoms with Crippen LogP contribution in [0.1, 0.15) is 0 Å². The molecule has 0 radical (unpaired) electrons. The van der Waals surface area contributed by atoms with E-state index in [0.29, 0.717) is 26.2 Å². The molecule has 1 fully saturated rings. The van der Waals surface area contributed by atoms with Crippen LogP contribution in [0.3, 0.4) is 0 Å². The van der Waals surface area contributed by atoms with Crippen molar-refractivity contribution < 1.29 is 14.4 Å². The Hall–Kier alpha value is -1.83. The number of carbonyl (C=O) groups is 3. The van der Waals surface area contributed by atoms with E-state index < -0.39 is 11.8 Å². The third-order valence-corrected chi connectivity index (χ3v) is 2.69. The van der Waals surface area contributed by atoms with Crippen LogP contribution in [-0.4, -0.2) is 81.0 Å². The van der Waals surface area contributed by atoms with Crippen LogP contribution in [-0.2, 0) is 9.59 Å². The summed E-state index contributed by atoms with van der Waals surface area (Å²) in [5.74, 6) is -1.14. The highest BCUT2D eigenvalue weighted by Gasteiger charge is 2.22. The SMILES string of the molecule is CN(C)C(=O)NCCNC(=O)C(=O)N1CCNCC1. The highest BCUT2D eigenvalue weighted by molar-refractivity contribution is 6.35. The van der Waals surface area contributed by atoms with Gasteiger partial charge < -0.3 is 25.8 Å². The van der Waals surface area contributed by atoms with Gasteiger partial charge in [-0.2, -0.15) is 0 Å². The number of piperazine rings is 1. The molecule has 1 heterocycles. The molecule has 1 aliphatic heterocycles. The van der Waals surface area contributed by atoms with Crippen LogP contribution in [0.15, 0.2) is 0 Å². The molecule has 3 N–H and O–H groups in total. The molecule has 0 aromatic rings. The summed E-state index contributed by atoms with van der Waals surface area (Å²) in [6.45, 7) is 3.02. The number of hydrogen-bond donors (Lipinski definition) is 3. The number of rotatable bonds is 3. The zero-order valence-corrected chi connectivity index (χ0v) is 11.4. The van der Waals surface area contributed by atoms with Crippen molar-refractivity contribution in [2.75, 3.05) is 53.4 Å². The average Bonchev–Trinajstić information content (AvgIpc) is 2.43. The van der Waals surface area contributed by atoms with Crippen molar-refractivity contribution in [3.8, 4) is 0 Å². The van der Waals surface area contributed by atoms with Gasteiger partial charge in [-0.15, -0.1) is 0 Å². The van der Waals surface area contributed by atoms with Gasteiger partial charge in [0.1, 0.15) is 0 Å². The van der Waals surface area contributed by atoms with E-state index >= 15 is 0 Å². The van der Waals surface area contributed by atoms with E-state index in [4.69, 9.17) is 0 Å². The van der Waals surface area contributed by atoms with Crippen molar-refractivity contribution in [2.45, 2.75) is 0 Å². The van der Waals surface area contributed by atoms with Crippen molar-refractivity contribution in [3.05, 3.63) is 0 Å². The van der Waals surface area contributed by atoms with Gasteiger partial charge in [0.25, 0.3) is 0 Å². The lowest BCUT2D eigenvalue weighted by Gasteiger charge is -2.26. The molecule has 0 saturated carbocycles. The molecular weight excluding hydrogens is 250 g/mol. The lowest BCUT2D eigenvalue weighted by atomic mass is 10.3. The molecule has 8 nitrogen and oxygen atoms in total. The highest BCUT2D eigenvalue weighted by Crippen LogP contribution is 1.93. The van der Waals surface area contributed by atoms with Gasteiger partial charge in [-0.3, -0.25) is 9.59 Å². The predicted octanol–water partition coefficient (Wildman–Crippen LogP) is -2.19. The molecule has 8 heteroatoms. The number of carbonyl (C=O) groups excluding carboxylic acids is 3. The topological polar surface area (TPSA) is 93.8 Å². The van der Waals surface area contributed by atoms with Gasteiger partial charge in [0.05, 0.1) is 0 Å². The third kappa shape index (κ3) is 5.12. The molecule has 0 aromatic carbocycles. The molecule has 0 aromatic heterocycles. The molecule has 19 heavy (non-hydrogen) atoms. The standard InChI is InChI=1S/C11H21N5O3/c1-15(2)11(19)14-4-3-13-9(17)10(18)16-7-5-12-6-8-16/h12H,3-8H2,1-2H3,(H,13,17)(H,14,19). The van der Waals surface area contributed by atoms with E-state index in [2.05, 4.69) is 16.0 Å². The first-order valence-electron chi connectivity index (χ1n) is 6.25. The van der Waals surface area contributed by atoms with Crippen molar-refractivity contribution in [2.24, 2.45) is 0 Å². The molecule has 0 spiro atoms. The Morgan fingerprint density at radius 2 is 1.68 bits per heavy atom. The molecule has 0 aliphatic carbocycles. The highest BCUT2D eigenvalue weighted by atomic mass is 16.2. The zero-order valence-electron chi connectivity index (χ0n) is 11.4. The molecule has 0 unspecified atom stereocenters. The van der Waals surface area contributed by atoms with Crippen LogP contribution < -0.4 is 16.0 Å². The predicted molar refractivity (Wildman–Crippen MR) is 69.5 cm³/mol. The van der Waals surface area contributed by atoms with Crippen molar-refractivity contribution >= 4 is 17.8 Å². The lowest BCUT2D eigenvalue weighted by molar-refractivity contribution is -0.146. The van der Waals surface area contributed by atoms with Crippen LogP contribution in [0.25, 0.3) is 0 Å². The van der Waals surface area contributed by atoms with Crippen LogP contribution in [0, 0.1) is 0 Å². The third-order valence-electron chi connectivity index (χ3n) is 2.69. The Morgan fingerprint density at radius 1 is 1.11 bits per heavy atom. The molecule has 1 rings (SSSR count). The number of amides is 4. The van der Waals surface area contributed by atoms with Crippen molar-refractivity contribution in [1.82, 2.24) is 25.8 Å². The Kier molecular flexibility index (Phi) is 6.07. The van der Waals surface area contributed by atoms with Crippen molar-refractivity contribution in [3.63, 3.8) is 0 Å². The Morgan fingerprint density at radius 3 is 2.26 bits per heavy atom. The molecule has 108 valence electrons. The first kappa shape index (κ1) is 15.2. The van der Waals surface area contributed by atoms with Crippen LogP contribution in [0.4, 0.5) is 4.79 Å². The second-order valence-corrected chi connectivity index (χ2v) is 4.42. The first-order valence-corrected chi connectivity index (χ1v) is 6.25. The molecule has 1 saturated heterocycles. The van der Waals surface area contributed by atoms with E-state index in [1.54, 1.807) is 14.1 Å². The van der Waals surface area contributed by atoms with Crippen LogP contribution >= 0.6 is 0 Å². The van der Waals surface area contributed by atoms with Crippen molar-refractivity contribution in [1.29, 1.82) is 0 Å². The number of nitrogens with zero attached hydrogens (tertiary/aromatic N) is 2. The molecule has 1 aliphatic rings. The molecule has 0 bridgehead atoms. The Balaban J connectivity index is 2.19. The van der Waals surface area contributed by atoms with Gasteiger partial charge in [0, 0.05) is 53.4 Å². The number of nitrogens with one attached hydrogen (secondary N) is 3. The van der Waals surface area contributed by atoms with E-state index in [1.807, 2.05) is 0 Å². The van der Waals surface area contributed by atoms with Gasteiger partial charge >= 0.3 is 17.8 Å². The lowest BCUT2D eigenvalue weighted by Crippen LogP contribution is -2.52. The van der Waals surface area contributed by atoms with E-state index in [0.717, 1.165) is 0 Å². The van der Waals surface area contributed by atoms with Gasteiger partial charge in [0.2, 0.25) is 0 Å². The number of hydrogen-bond acceptors (Lipinski definition) is 4. The van der Waals surface area contributed by atoms with Gasteiger partial charge in [-0.05, 0) is 0 Å². The second-order valence-electron chi connectivity index (χ2n) is 4.42. The van der Waals surface area contributed by atoms with E-state index in [-0.39, 0.29) is 19.1 Å².